The van der Waals surface area contributed by atoms with Gasteiger partial charge in [0.2, 0.25) is 0 Å². The van der Waals surface area contributed by atoms with Gasteiger partial charge in [-0.05, 0) is 40.9 Å². The molecule has 0 saturated carbocycles. The average molecular weight is 228 g/mol. The molecule has 4 heteroatoms. The number of esters is 1. The first-order valence-corrected chi connectivity index (χ1v) is 5.85. The van der Waals surface area contributed by atoms with Crippen molar-refractivity contribution in [3.05, 3.63) is 0 Å². The van der Waals surface area contributed by atoms with E-state index in [1.54, 1.807) is 0 Å². The Labute approximate surface area is 98.5 Å². The number of carbonyl (C=O) groups is 1. The predicted molar refractivity (Wildman–Crippen MR) is 64.4 cm³/mol. The second-order valence-corrected chi connectivity index (χ2v) is 5.37. The second kappa shape index (κ2) is 5.15. The largest absolute Gasteiger partial charge is 0.469 e. The molecular weight excluding hydrogens is 204 g/mol. The number of nitrogens with zero attached hydrogens (tertiary/aromatic N) is 2. The van der Waals surface area contributed by atoms with Crippen molar-refractivity contribution in [2.24, 2.45) is 0 Å². The van der Waals surface area contributed by atoms with Crippen molar-refractivity contribution >= 4 is 5.97 Å². The molecule has 0 radical (unpaired) electrons. The second-order valence-electron chi connectivity index (χ2n) is 5.37. The van der Waals surface area contributed by atoms with Gasteiger partial charge in [0.1, 0.15) is 0 Å². The van der Waals surface area contributed by atoms with E-state index in [1.165, 1.54) is 7.11 Å². The maximum absolute atomic E-state index is 11.4. The highest BCUT2D eigenvalue weighted by Crippen LogP contribution is 2.25. The third-order valence-electron chi connectivity index (χ3n) is 3.76. The first-order chi connectivity index (χ1) is 7.36. The van der Waals surface area contributed by atoms with Crippen molar-refractivity contribution in [3.63, 3.8) is 0 Å². The van der Waals surface area contributed by atoms with E-state index in [0.717, 1.165) is 19.5 Å². The van der Waals surface area contributed by atoms with Crippen molar-refractivity contribution in [2.75, 3.05) is 34.3 Å². The topological polar surface area (TPSA) is 32.8 Å². The number of methoxy groups -OCH3 is 1. The number of likely N-dealkylation sites (N-methyl/N-ethyl adjacent to an activating group) is 2. The van der Waals surface area contributed by atoms with Crippen molar-refractivity contribution < 1.29 is 9.53 Å². The molecule has 0 N–H and O–H groups in total. The Morgan fingerprint density at radius 3 is 2.62 bits per heavy atom. The van der Waals surface area contributed by atoms with Gasteiger partial charge in [0.25, 0.3) is 0 Å². The SMILES string of the molecule is COC(=O)CC1CN(C)CCC(C)(C)N1C. The van der Waals surface area contributed by atoms with E-state index in [9.17, 15) is 4.79 Å². The van der Waals surface area contributed by atoms with Crippen LogP contribution >= 0.6 is 0 Å². The number of rotatable bonds is 2. The summed E-state index contributed by atoms with van der Waals surface area (Å²) in [5.41, 5.74) is 0.142. The lowest BCUT2D eigenvalue weighted by atomic mass is 9.97. The molecule has 0 aliphatic carbocycles. The Bertz CT molecular complexity index is 253. The maximum atomic E-state index is 11.4. The van der Waals surface area contributed by atoms with Crippen LogP contribution in [0, 0.1) is 0 Å². The molecule has 1 rings (SSSR count). The molecule has 1 atom stereocenters. The van der Waals surface area contributed by atoms with E-state index in [-0.39, 0.29) is 17.6 Å². The van der Waals surface area contributed by atoms with E-state index < -0.39 is 0 Å². The summed E-state index contributed by atoms with van der Waals surface area (Å²) < 4.78 is 4.76. The summed E-state index contributed by atoms with van der Waals surface area (Å²) in [4.78, 5) is 16.0. The lowest BCUT2D eigenvalue weighted by Crippen LogP contribution is -2.48. The lowest BCUT2D eigenvalue weighted by Gasteiger charge is -2.38. The minimum absolute atomic E-state index is 0.122. The molecule has 0 aromatic carbocycles. The molecule has 4 nitrogen and oxygen atoms in total. The minimum Gasteiger partial charge on any atom is -0.469 e. The standard InChI is InChI=1S/C12H24N2O2/c1-12(2)6-7-13(3)9-10(14(12)4)8-11(15)16-5/h10H,6-9H2,1-5H3. The molecule has 94 valence electrons. The molecule has 16 heavy (non-hydrogen) atoms. The monoisotopic (exact) mass is 228 g/mol. The molecule has 0 aromatic heterocycles. The van der Waals surface area contributed by atoms with Crippen LogP contribution in [0.15, 0.2) is 0 Å². The summed E-state index contributed by atoms with van der Waals surface area (Å²) in [7, 11) is 5.67. The van der Waals surface area contributed by atoms with Crippen LogP contribution in [0.2, 0.25) is 0 Å². The molecule has 1 fully saturated rings. The lowest BCUT2D eigenvalue weighted by molar-refractivity contribution is -0.142. The molecule has 1 aliphatic heterocycles. The average Bonchev–Trinajstić information content (AvgIpc) is 2.31. The molecule has 1 aliphatic rings. The van der Waals surface area contributed by atoms with Gasteiger partial charge in [-0.15, -0.1) is 0 Å². The molecule has 0 spiro atoms. The maximum Gasteiger partial charge on any atom is 0.307 e. The number of ether oxygens (including phenoxy) is 1. The quantitative estimate of drug-likeness (QED) is 0.659. The molecule has 1 unspecified atom stereocenters. The zero-order chi connectivity index (χ0) is 12.3. The molecule has 1 heterocycles. The van der Waals surface area contributed by atoms with Gasteiger partial charge < -0.3 is 9.64 Å². The van der Waals surface area contributed by atoms with Gasteiger partial charge in [-0.2, -0.15) is 0 Å². The van der Waals surface area contributed by atoms with Crippen LogP contribution in [0.4, 0.5) is 0 Å². The summed E-state index contributed by atoms with van der Waals surface area (Å²) in [5.74, 6) is -0.122. The molecule has 0 aromatic rings. The fourth-order valence-corrected chi connectivity index (χ4v) is 2.19. The van der Waals surface area contributed by atoms with E-state index in [1.807, 2.05) is 0 Å². The van der Waals surface area contributed by atoms with Gasteiger partial charge in [-0.3, -0.25) is 9.69 Å². The normalized spacial score (nSPS) is 27.4. The summed E-state index contributed by atoms with van der Waals surface area (Å²) in [5, 5.41) is 0. The summed E-state index contributed by atoms with van der Waals surface area (Å²) in [6.45, 7) is 6.47. The van der Waals surface area contributed by atoms with Gasteiger partial charge in [-0.25, -0.2) is 0 Å². The highest BCUT2D eigenvalue weighted by molar-refractivity contribution is 5.70. The summed E-state index contributed by atoms with van der Waals surface area (Å²) in [6, 6.07) is 0.245. The van der Waals surface area contributed by atoms with Crippen molar-refractivity contribution in [1.82, 2.24) is 9.80 Å². The Morgan fingerprint density at radius 1 is 1.44 bits per heavy atom. The van der Waals surface area contributed by atoms with Crippen LogP contribution in [-0.4, -0.2) is 61.6 Å². The van der Waals surface area contributed by atoms with E-state index in [0.29, 0.717) is 6.42 Å². The van der Waals surface area contributed by atoms with Crippen molar-refractivity contribution in [3.8, 4) is 0 Å². The minimum atomic E-state index is -0.122. The number of carbonyl (C=O) groups excluding carboxylic acids is 1. The van der Waals surface area contributed by atoms with Crippen molar-refractivity contribution in [1.29, 1.82) is 0 Å². The Balaban J connectivity index is 2.74. The van der Waals surface area contributed by atoms with Crippen LogP contribution in [0.3, 0.4) is 0 Å². The summed E-state index contributed by atoms with van der Waals surface area (Å²) >= 11 is 0. The highest BCUT2D eigenvalue weighted by atomic mass is 16.5. The first kappa shape index (κ1) is 13.5. The van der Waals surface area contributed by atoms with Gasteiger partial charge in [0, 0.05) is 18.1 Å². The van der Waals surface area contributed by atoms with Gasteiger partial charge in [0.05, 0.1) is 13.5 Å². The van der Waals surface area contributed by atoms with E-state index >= 15 is 0 Å². The fourth-order valence-electron chi connectivity index (χ4n) is 2.19. The summed E-state index contributed by atoms with van der Waals surface area (Å²) in [6.07, 6.45) is 1.60. The molecule has 0 bridgehead atoms. The van der Waals surface area contributed by atoms with E-state index in [2.05, 4.69) is 37.7 Å². The van der Waals surface area contributed by atoms with Gasteiger partial charge >= 0.3 is 5.97 Å². The van der Waals surface area contributed by atoms with Crippen LogP contribution in [-0.2, 0) is 9.53 Å². The third-order valence-corrected chi connectivity index (χ3v) is 3.76. The third kappa shape index (κ3) is 3.19. The zero-order valence-electron chi connectivity index (χ0n) is 11.1. The molecular formula is C12H24N2O2. The Kier molecular flexibility index (Phi) is 4.33. The smallest absolute Gasteiger partial charge is 0.307 e. The number of hydrogen-bond donors (Lipinski definition) is 0. The van der Waals surface area contributed by atoms with Crippen LogP contribution in [0.5, 0.6) is 0 Å². The van der Waals surface area contributed by atoms with Crippen LogP contribution in [0.25, 0.3) is 0 Å². The van der Waals surface area contributed by atoms with Crippen molar-refractivity contribution in [2.45, 2.75) is 38.3 Å². The van der Waals surface area contributed by atoms with Crippen LogP contribution < -0.4 is 0 Å². The molecule has 1 saturated heterocycles. The predicted octanol–water partition coefficient (Wildman–Crippen LogP) is 0.964. The van der Waals surface area contributed by atoms with E-state index in [4.69, 9.17) is 4.74 Å². The number of hydrogen-bond acceptors (Lipinski definition) is 4. The Morgan fingerprint density at radius 2 is 2.06 bits per heavy atom. The Hall–Kier alpha value is -0.610. The van der Waals surface area contributed by atoms with Gasteiger partial charge in [-0.1, -0.05) is 0 Å². The molecule has 0 amide bonds. The van der Waals surface area contributed by atoms with Crippen LogP contribution in [0.1, 0.15) is 26.7 Å². The highest BCUT2D eigenvalue weighted by Gasteiger charge is 2.34. The fraction of sp³-hybridized carbons (Fsp3) is 0.917. The first-order valence-electron chi connectivity index (χ1n) is 5.85. The zero-order valence-corrected chi connectivity index (χ0v) is 11.1. The van der Waals surface area contributed by atoms with Gasteiger partial charge in [0.15, 0.2) is 0 Å².